The van der Waals surface area contributed by atoms with Gasteiger partial charge in [-0.25, -0.2) is 4.79 Å². The second kappa shape index (κ2) is 3.59. The molecular weight excluding hydrogens is 204 g/mol. The molecule has 4 saturated carbocycles. The van der Waals surface area contributed by atoms with Crippen LogP contribution in [0.4, 0.5) is 0 Å². The number of rotatable bonds is 2. The maximum Gasteiger partial charge on any atom is 0.368 e. The van der Waals surface area contributed by atoms with Crippen LogP contribution in [0.15, 0.2) is 12.2 Å². The fraction of sp³-hybridized carbons (Fsp3) is 0.769. The van der Waals surface area contributed by atoms with Gasteiger partial charge >= 0.3 is 5.97 Å². The molecule has 4 aliphatic carbocycles. The van der Waals surface area contributed by atoms with Gasteiger partial charge in [-0.3, -0.25) is 4.89 Å². The lowest BCUT2D eigenvalue weighted by molar-refractivity contribution is -0.230. The van der Waals surface area contributed by atoms with E-state index in [9.17, 15) is 4.79 Å². The van der Waals surface area contributed by atoms with E-state index in [1.165, 1.54) is 32.1 Å². The lowest BCUT2D eigenvalue weighted by atomic mass is 9.50. The standard InChI is InChI=1S/C13H18O3/c1-7(13(14)16-15)12-10-3-8-2-9(5-10)6-11(12)4-8/h8-12,15H,1-6H2. The van der Waals surface area contributed by atoms with Crippen molar-refractivity contribution in [2.45, 2.75) is 32.1 Å². The van der Waals surface area contributed by atoms with Crippen molar-refractivity contribution in [1.29, 1.82) is 0 Å². The van der Waals surface area contributed by atoms with Gasteiger partial charge in [0.2, 0.25) is 0 Å². The molecule has 1 N–H and O–H groups in total. The largest absolute Gasteiger partial charge is 0.368 e. The zero-order valence-corrected chi connectivity index (χ0v) is 9.39. The van der Waals surface area contributed by atoms with Crippen LogP contribution in [-0.4, -0.2) is 11.2 Å². The van der Waals surface area contributed by atoms with Crippen LogP contribution in [0.3, 0.4) is 0 Å². The number of carbonyl (C=O) groups excluding carboxylic acids is 1. The highest BCUT2D eigenvalue weighted by atomic mass is 17.1. The Kier molecular flexibility index (Phi) is 2.32. The second-order valence-corrected chi connectivity index (χ2v) is 5.86. The highest BCUT2D eigenvalue weighted by molar-refractivity contribution is 5.87. The predicted molar refractivity (Wildman–Crippen MR) is 58.4 cm³/mol. The first-order valence-corrected chi connectivity index (χ1v) is 6.23. The summed E-state index contributed by atoms with van der Waals surface area (Å²) < 4.78 is 0. The molecule has 0 aromatic rings. The Morgan fingerprint density at radius 1 is 1.06 bits per heavy atom. The van der Waals surface area contributed by atoms with Crippen LogP contribution in [0.1, 0.15) is 32.1 Å². The summed E-state index contributed by atoms with van der Waals surface area (Å²) in [5.41, 5.74) is 0.497. The van der Waals surface area contributed by atoms with Gasteiger partial charge in [-0.15, -0.1) is 0 Å². The Labute approximate surface area is 95.4 Å². The highest BCUT2D eigenvalue weighted by Gasteiger charge is 2.50. The number of hydrogen-bond acceptors (Lipinski definition) is 3. The molecule has 4 bridgehead atoms. The van der Waals surface area contributed by atoms with Crippen molar-refractivity contribution >= 4 is 5.97 Å². The van der Waals surface area contributed by atoms with Gasteiger partial charge in [0.05, 0.1) is 0 Å². The molecule has 3 heteroatoms. The smallest absolute Gasteiger partial charge is 0.296 e. The van der Waals surface area contributed by atoms with Crippen molar-refractivity contribution in [1.82, 2.24) is 0 Å². The van der Waals surface area contributed by atoms with Crippen molar-refractivity contribution in [2.75, 3.05) is 0 Å². The van der Waals surface area contributed by atoms with Gasteiger partial charge in [0.15, 0.2) is 0 Å². The molecule has 0 aromatic carbocycles. The first-order chi connectivity index (χ1) is 7.69. The van der Waals surface area contributed by atoms with Crippen LogP contribution >= 0.6 is 0 Å². The van der Waals surface area contributed by atoms with E-state index in [0.29, 0.717) is 17.4 Å². The maximum atomic E-state index is 11.4. The molecule has 0 spiro atoms. The molecular formula is C13H18O3. The van der Waals surface area contributed by atoms with E-state index in [2.05, 4.69) is 11.5 Å². The molecule has 0 aliphatic heterocycles. The molecule has 0 saturated heterocycles. The fourth-order valence-electron chi connectivity index (χ4n) is 4.69. The molecule has 0 atom stereocenters. The molecule has 4 aliphatic rings. The predicted octanol–water partition coefficient (Wildman–Crippen LogP) is 2.63. The minimum Gasteiger partial charge on any atom is -0.296 e. The van der Waals surface area contributed by atoms with Crippen LogP contribution in [0.5, 0.6) is 0 Å². The van der Waals surface area contributed by atoms with E-state index in [4.69, 9.17) is 5.26 Å². The third kappa shape index (κ3) is 1.41. The third-order valence-corrected chi connectivity index (χ3v) is 4.97. The van der Waals surface area contributed by atoms with E-state index in [-0.39, 0.29) is 5.92 Å². The van der Waals surface area contributed by atoms with Gasteiger partial charge < -0.3 is 0 Å². The zero-order chi connectivity index (χ0) is 11.3. The van der Waals surface area contributed by atoms with Crippen molar-refractivity contribution < 1.29 is 14.9 Å². The van der Waals surface area contributed by atoms with Crippen molar-refractivity contribution in [3.8, 4) is 0 Å². The molecule has 4 rings (SSSR count). The van der Waals surface area contributed by atoms with E-state index < -0.39 is 5.97 Å². The van der Waals surface area contributed by atoms with Gasteiger partial charge in [-0.05, 0) is 61.7 Å². The van der Waals surface area contributed by atoms with E-state index in [0.717, 1.165) is 11.8 Å². The minimum absolute atomic E-state index is 0.271. The Bertz CT molecular complexity index is 306. The molecule has 16 heavy (non-hydrogen) atoms. The molecule has 0 aromatic heterocycles. The SMILES string of the molecule is C=C(C(=O)OO)C1C2CC3CC(C2)CC1C3. The van der Waals surface area contributed by atoms with Crippen LogP contribution in [0, 0.1) is 29.6 Å². The van der Waals surface area contributed by atoms with Crippen molar-refractivity contribution in [3.63, 3.8) is 0 Å². The molecule has 3 nitrogen and oxygen atoms in total. The lowest BCUT2D eigenvalue weighted by Crippen LogP contribution is -2.46. The average molecular weight is 222 g/mol. The van der Waals surface area contributed by atoms with Crippen LogP contribution in [0.25, 0.3) is 0 Å². The Morgan fingerprint density at radius 3 is 2.00 bits per heavy atom. The van der Waals surface area contributed by atoms with Crippen LogP contribution in [-0.2, 0) is 9.68 Å². The topological polar surface area (TPSA) is 46.5 Å². The first-order valence-electron chi connectivity index (χ1n) is 6.23. The Morgan fingerprint density at radius 2 is 1.56 bits per heavy atom. The zero-order valence-electron chi connectivity index (χ0n) is 9.39. The quantitative estimate of drug-likeness (QED) is 0.444. The van der Waals surface area contributed by atoms with Crippen LogP contribution in [0.2, 0.25) is 0 Å². The van der Waals surface area contributed by atoms with E-state index in [1.54, 1.807) is 0 Å². The molecule has 0 unspecified atom stereocenters. The average Bonchev–Trinajstić information content (AvgIpc) is 2.26. The Balaban J connectivity index is 1.81. The summed E-state index contributed by atoms with van der Waals surface area (Å²) in [5, 5.41) is 8.45. The maximum absolute atomic E-state index is 11.4. The minimum atomic E-state index is -0.627. The lowest BCUT2D eigenvalue weighted by Gasteiger charge is -2.54. The fourth-order valence-corrected chi connectivity index (χ4v) is 4.69. The molecule has 0 radical (unpaired) electrons. The Hall–Kier alpha value is -0.830. The van der Waals surface area contributed by atoms with E-state index >= 15 is 0 Å². The van der Waals surface area contributed by atoms with Gasteiger partial charge in [-0.2, -0.15) is 5.26 Å². The third-order valence-electron chi connectivity index (χ3n) is 4.97. The van der Waals surface area contributed by atoms with Crippen molar-refractivity contribution in [2.24, 2.45) is 29.6 Å². The second-order valence-electron chi connectivity index (χ2n) is 5.86. The molecule has 4 fully saturated rings. The van der Waals surface area contributed by atoms with Gasteiger partial charge in [-0.1, -0.05) is 6.58 Å². The summed E-state index contributed by atoms with van der Waals surface area (Å²) >= 11 is 0. The summed E-state index contributed by atoms with van der Waals surface area (Å²) in [4.78, 5) is 15.2. The van der Waals surface area contributed by atoms with Gasteiger partial charge in [0.1, 0.15) is 0 Å². The summed E-state index contributed by atoms with van der Waals surface area (Å²) in [5.74, 6) is 2.64. The molecule has 88 valence electrons. The summed E-state index contributed by atoms with van der Waals surface area (Å²) in [6.45, 7) is 3.84. The summed E-state index contributed by atoms with van der Waals surface area (Å²) in [6.07, 6.45) is 6.38. The summed E-state index contributed by atoms with van der Waals surface area (Å²) in [7, 11) is 0. The van der Waals surface area contributed by atoms with E-state index in [1.807, 2.05) is 0 Å². The summed E-state index contributed by atoms with van der Waals surface area (Å²) in [6, 6.07) is 0. The number of hydrogen-bond donors (Lipinski definition) is 1. The monoisotopic (exact) mass is 222 g/mol. The highest BCUT2D eigenvalue weighted by Crippen LogP contribution is 2.58. The van der Waals surface area contributed by atoms with Gasteiger partial charge in [0.25, 0.3) is 0 Å². The first kappa shape index (κ1) is 10.3. The molecule has 0 heterocycles. The number of carbonyl (C=O) groups is 1. The normalized spacial score (nSPS) is 44.4. The van der Waals surface area contributed by atoms with Crippen molar-refractivity contribution in [3.05, 3.63) is 12.2 Å². The molecule has 0 amide bonds. The van der Waals surface area contributed by atoms with Gasteiger partial charge in [0, 0.05) is 5.57 Å². The van der Waals surface area contributed by atoms with Crippen LogP contribution < -0.4 is 0 Å².